The standard InChI is InChI=1S/C30H35N3O9P2/c1-20(34)31-26(17-22-12-15-27(43(37,38)39)28(18-22)44(40,41)42)29(35)32-25-9-5-6-16-33(30(25)36)19-21-10-13-24(14-11-21)23-7-3-2-4-8-23/h2-4,7-8,10-15,18,25-26H,5-6,9,16-17,19H2,1H3,(H,31,34)(H,32,35)(H2,37,38,39)(H2,40,41,42). The van der Waals surface area contributed by atoms with E-state index in [0.717, 1.165) is 35.2 Å². The molecule has 3 amide bonds. The number of likely N-dealkylation sites (tertiary alicyclic amines) is 1. The third kappa shape index (κ3) is 8.72. The number of amides is 3. The summed E-state index contributed by atoms with van der Waals surface area (Å²) >= 11 is 0. The molecule has 1 aliphatic rings. The van der Waals surface area contributed by atoms with E-state index in [1.807, 2.05) is 54.6 Å². The van der Waals surface area contributed by atoms with E-state index in [-0.39, 0.29) is 17.9 Å². The summed E-state index contributed by atoms with van der Waals surface area (Å²) in [5.41, 5.74) is 3.20. The average molecular weight is 644 g/mol. The molecule has 2 atom stereocenters. The zero-order chi connectivity index (χ0) is 32.1. The summed E-state index contributed by atoms with van der Waals surface area (Å²) in [6.45, 7) is 2.06. The van der Waals surface area contributed by atoms with Crippen LogP contribution in [0.3, 0.4) is 0 Å². The lowest BCUT2D eigenvalue weighted by Crippen LogP contribution is -2.54. The normalized spacial score (nSPS) is 16.6. The highest BCUT2D eigenvalue weighted by Crippen LogP contribution is 2.40. The van der Waals surface area contributed by atoms with Crippen LogP contribution >= 0.6 is 15.2 Å². The van der Waals surface area contributed by atoms with Crippen LogP contribution in [0.4, 0.5) is 0 Å². The van der Waals surface area contributed by atoms with Crippen molar-refractivity contribution >= 4 is 43.5 Å². The number of hydrogen-bond acceptors (Lipinski definition) is 5. The molecule has 4 rings (SSSR count). The molecule has 44 heavy (non-hydrogen) atoms. The highest BCUT2D eigenvalue weighted by Gasteiger charge is 2.33. The van der Waals surface area contributed by atoms with Crippen LogP contribution < -0.4 is 21.2 Å². The highest BCUT2D eigenvalue weighted by atomic mass is 31.2. The van der Waals surface area contributed by atoms with Crippen LogP contribution in [0.5, 0.6) is 0 Å². The van der Waals surface area contributed by atoms with Gasteiger partial charge in [-0.15, -0.1) is 0 Å². The van der Waals surface area contributed by atoms with E-state index >= 15 is 0 Å². The Morgan fingerprint density at radius 1 is 0.864 bits per heavy atom. The molecule has 0 aliphatic carbocycles. The number of carbonyl (C=O) groups excluding carboxylic acids is 3. The molecular formula is C30H35N3O9P2. The van der Waals surface area contributed by atoms with Gasteiger partial charge in [0.05, 0.1) is 10.6 Å². The molecule has 14 heteroatoms. The van der Waals surface area contributed by atoms with Gasteiger partial charge in [-0.1, -0.05) is 60.7 Å². The lowest BCUT2D eigenvalue weighted by molar-refractivity contribution is -0.137. The van der Waals surface area contributed by atoms with Crippen molar-refractivity contribution < 1.29 is 43.1 Å². The molecule has 1 aliphatic heterocycles. The third-order valence-corrected chi connectivity index (χ3v) is 9.52. The number of rotatable bonds is 10. The van der Waals surface area contributed by atoms with Crippen LogP contribution in [0.2, 0.25) is 0 Å². The van der Waals surface area contributed by atoms with Crippen molar-refractivity contribution in [2.45, 2.75) is 51.2 Å². The van der Waals surface area contributed by atoms with Crippen LogP contribution in [0.15, 0.2) is 72.8 Å². The number of hydrogen-bond donors (Lipinski definition) is 6. The van der Waals surface area contributed by atoms with E-state index in [1.54, 1.807) is 4.90 Å². The maximum absolute atomic E-state index is 13.5. The summed E-state index contributed by atoms with van der Waals surface area (Å²) in [7, 11) is -10.1. The second kappa shape index (κ2) is 14.0. The quantitative estimate of drug-likeness (QED) is 0.178. The van der Waals surface area contributed by atoms with Crippen LogP contribution in [0.25, 0.3) is 11.1 Å². The molecule has 234 valence electrons. The van der Waals surface area contributed by atoms with Gasteiger partial charge in [0.15, 0.2) is 0 Å². The summed E-state index contributed by atoms with van der Waals surface area (Å²) < 4.78 is 23.8. The number of nitrogens with zero attached hydrogens (tertiary/aromatic N) is 1. The van der Waals surface area contributed by atoms with Gasteiger partial charge in [-0.3, -0.25) is 23.5 Å². The first-order valence-corrected chi connectivity index (χ1v) is 17.2. The minimum Gasteiger partial charge on any atom is -0.344 e. The van der Waals surface area contributed by atoms with Crippen LogP contribution in [0, 0.1) is 0 Å². The minimum absolute atomic E-state index is 0.141. The van der Waals surface area contributed by atoms with Crippen LogP contribution in [-0.2, 0) is 36.5 Å². The predicted octanol–water partition coefficient (Wildman–Crippen LogP) is 1.70. The van der Waals surface area contributed by atoms with E-state index in [1.165, 1.54) is 13.0 Å². The van der Waals surface area contributed by atoms with Crippen molar-refractivity contribution in [1.82, 2.24) is 15.5 Å². The number of carbonyl (C=O) groups is 3. The molecule has 1 fully saturated rings. The molecule has 1 heterocycles. The van der Waals surface area contributed by atoms with Crippen molar-refractivity contribution in [2.75, 3.05) is 6.54 Å². The SMILES string of the molecule is CC(=O)NC(Cc1ccc(P(=O)(O)O)c(P(=O)(O)O)c1)C(=O)NC1CCCCN(Cc2ccc(-c3ccccc3)cc2)C1=O. The molecule has 12 nitrogen and oxygen atoms in total. The fraction of sp³-hybridized carbons (Fsp3) is 0.300. The van der Waals surface area contributed by atoms with Gasteiger partial charge in [-0.25, -0.2) is 0 Å². The molecule has 0 bridgehead atoms. The lowest BCUT2D eigenvalue weighted by atomic mass is 10.0. The van der Waals surface area contributed by atoms with Gasteiger partial charge in [0.2, 0.25) is 17.7 Å². The van der Waals surface area contributed by atoms with Crippen molar-refractivity contribution in [1.29, 1.82) is 0 Å². The van der Waals surface area contributed by atoms with Gasteiger partial charge in [0.25, 0.3) is 0 Å². The Bertz CT molecular complexity index is 1600. The van der Waals surface area contributed by atoms with E-state index < -0.39 is 49.7 Å². The molecule has 1 saturated heterocycles. The zero-order valence-electron chi connectivity index (χ0n) is 24.0. The Labute approximate surface area is 254 Å². The monoisotopic (exact) mass is 643 g/mol. The summed E-state index contributed by atoms with van der Waals surface area (Å²) in [5, 5.41) is 3.55. The Hall–Kier alpha value is -3.63. The van der Waals surface area contributed by atoms with E-state index in [9.17, 15) is 43.1 Å². The summed E-state index contributed by atoms with van der Waals surface area (Å²) in [6.07, 6.45) is 1.56. The van der Waals surface area contributed by atoms with Crippen molar-refractivity contribution in [2.24, 2.45) is 0 Å². The lowest BCUT2D eigenvalue weighted by Gasteiger charge is -2.27. The summed E-state index contributed by atoms with van der Waals surface area (Å²) in [6, 6.07) is 18.8. The van der Waals surface area contributed by atoms with E-state index in [2.05, 4.69) is 10.6 Å². The second-order valence-corrected chi connectivity index (χ2v) is 13.9. The topological polar surface area (TPSA) is 194 Å². The van der Waals surface area contributed by atoms with Crippen molar-refractivity contribution in [3.05, 3.63) is 83.9 Å². The van der Waals surface area contributed by atoms with Crippen molar-refractivity contribution in [3.8, 4) is 11.1 Å². The Kier molecular flexibility index (Phi) is 10.6. The fourth-order valence-corrected chi connectivity index (χ4v) is 7.31. The summed E-state index contributed by atoms with van der Waals surface area (Å²) in [5.74, 6) is -1.50. The molecule has 6 N–H and O–H groups in total. The van der Waals surface area contributed by atoms with Crippen molar-refractivity contribution in [3.63, 3.8) is 0 Å². The second-order valence-electron chi connectivity index (χ2n) is 10.7. The Morgan fingerprint density at radius 2 is 1.48 bits per heavy atom. The number of benzene rings is 3. The van der Waals surface area contributed by atoms with Gasteiger partial charge in [-0.2, -0.15) is 0 Å². The molecule has 0 radical (unpaired) electrons. The first-order valence-electron chi connectivity index (χ1n) is 14.0. The molecular weight excluding hydrogens is 608 g/mol. The van der Waals surface area contributed by atoms with Crippen LogP contribution in [-0.4, -0.2) is 60.8 Å². The molecule has 2 unspecified atom stereocenters. The van der Waals surface area contributed by atoms with E-state index in [0.29, 0.717) is 25.9 Å². The first-order chi connectivity index (χ1) is 20.7. The molecule has 0 saturated carbocycles. The maximum atomic E-state index is 13.5. The van der Waals surface area contributed by atoms with Gasteiger partial charge < -0.3 is 35.1 Å². The van der Waals surface area contributed by atoms with E-state index in [4.69, 9.17) is 0 Å². The molecule has 0 aromatic heterocycles. The van der Waals surface area contributed by atoms with Gasteiger partial charge in [0, 0.05) is 26.4 Å². The number of nitrogens with one attached hydrogen (secondary N) is 2. The van der Waals surface area contributed by atoms with Crippen LogP contribution in [0.1, 0.15) is 37.3 Å². The fourth-order valence-electron chi connectivity index (χ4n) is 5.19. The van der Waals surface area contributed by atoms with Gasteiger partial charge >= 0.3 is 15.2 Å². The smallest absolute Gasteiger partial charge is 0.344 e. The van der Waals surface area contributed by atoms with Gasteiger partial charge in [-0.05, 0) is 53.6 Å². The average Bonchev–Trinajstić information content (AvgIpc) is 3.13. The molecule has 0 spiro atoms. The maximum Gasteiger partial charge on any atom is 0.357 e. The Balaban J connectivity index is 1.49. The molecule has 3 aromatic rings. The highest BCUT2D eigenvalue weighted by molar-refractivity contribution is 7.67. The summed E-state index contributed by atoms with van der Waals surface area (Å²) in [4.78, 5) is 79.0. The Morgan fingerprint density at radius 3 is 2.09 bits per heavy atom. The first kappa shape index (κ1) is 33.3. The third-order valence-electron chi connectivity index (χ3n) is 7.33. The minimum atomic E-state index is -5.10. The zero-order valence-corrected chi connectivity index (χ0v) is 25.8. The molecule has 3 aromatic carbocycles. The van der Waals surface area contributed by atoms with Gasteiger partial charge in [0.1, 0.15) is 12.1 Å². The predicted molar refractivity (Wildman–Crippen MR) is 164 cm³/mol. The largest absolute Gasteiger partial charge is 0.357 e.